The van der Waals surface area contributed by atoms with Crippen molar-refractivity contribution in [3.8, 4) is 0 Å². The highest BCUT2D eigenvalue weighted by Gasteiger charge is 2.23. The number of piperazine rings is 1. The molecule has 0 aliphatic carbocycles. The van der Waals surface area contributed by atoms with E-state index in [1.54, 1.807) is 11.9 Å². The zero-order valence-electron chi connectivity index (χ0n) is 13.0. The summed E-state index contributed by atoms with van der Waals surface area (Å²) in [5.74, 6) is 2.89. The molecule has 7 heteroatoms. The van der Waals surface area contributed by atoms with E-state index in [1.807, 2.05) is 24.8 Å². The fourth-order valence-corrected chi connectivity index (χ4v) is 2.63. The highest BCUT2D eigenvalue weighted by Crippen LogP contribution is 2.04. The van der Waals surface area contributed by atoms with Gasteiger partial charge in [0.25, 0.3) is 0 Å². The molecule has 0 spiro atoms. The summed E-state index contributed by atoms with van der Waals surface area (Å²) >= 11 is 1.84. The van der Waals surface area contributed by atoms with E-state index < -0.39 is 0 Å². The number of thioether (sulfide) groups is 1. The molecule has 1 rings (SSSR count). The van der Waals surface area contributed by atoms with Gasteiger partial charge in [-0.3, -0.25) is 4.99 Å². The Hall–Kier alpha value is -1.37. The molecular formula is C14H26N4O2S. The molecule has 0 radical (unpaired) electrons. The molecule has 1 aliphatic rings. The first-order valence-electron chi connectivity index (χ1n) is 7.28. The molecule has 1 aliphatic heterocycles. The number of nitrogens with one attached hydrogen (secondary N) is 1. The maximum Gasteiger partial charge on any atom is 0.409 e. The minimum absolute atomic E-state index is 0.221. The van der Waals surface area contributed by atoms with Crippen LogP contribution in [0.5, 0.6) is 0 Å². The third kappa shape index (κ3) is 6.29. The van der Waals surface area contributed by atoms with Gasteiger partial charge in [-0.1, -0.05) is 6.08 Å². The first kappa shape index (κ1) is 17.7. The molecule has 0 aromatic carbocycles. The van der Waals surface area contributed by atoms with E-state index in [4.69, 9.17) is 4.74 Å². The molecule has 1 heterocycles. The molecule has 6 nitrogen and oxygen atoms in total. The maximum atomic E-state index is 11.6. The number of carbonyl (C=O) groups is 1. The van der Waals surface area contributed by atoms with Gasteiger partial charge in [0.1, 0.15) is 0 Å². The second kappa shape index (κ2) is 10.4. The van der Waals surface area contributed by atoms with E-state index >= 15 is 0 Å². The van der Waals surface area contributed by atoms with Crippen LogP contribution >= 0.6 is 11.8 Å². The first-order valence-corrected chi connectivity index (χ1v) is 8.44. The summed E-state index contributed by atoms with van der Waals surface area (Å²) in [6, 6.07) is 0. The average Bonchev–Trinajstić information content (AvgIpc) is 2.51. The van der Waals surface area contributed by atoms with Gasteiger partial charge in [0.15, 0.2) is 5.96 Å². The summed E-state index contributed by atoms with van der Waals surface area (Å²) in [5.41, 5.74) is 0. The topological polar surface area (TPSA) is 57.2 Å². The van der Waals surface area contributed by atoms with Crippen molar-refractivity contribution in [2.45, 2.75) is 6.92 Å². The number of nitrogens with zero attached hydrogens (tertiary/aromatic N) is 3. The van der Waals surface area contributed by atoms with E-state index in [2.05, 4.69) is 21.8 Å². The molecule has 21 heavy (non-hydrogen) atoms. The maximum absolute atomic E-state index is 11.6. The van der Waals surface area contributed by atoms with Gasteiger partial charge in [0.2, 0.25) is 0 Å². The normalized spacial score (nSPS) is 15.8. The average molecular weight is 314 g/mol. The van der Waals surface area contributed by atoms with Crippen LogP contribution in [0.2, 0.25) is 0 Å². The number of amides is 1. The number of aliphatic imine (C=N–C) groups is 1. The molecule has 1 fully saturated rings. The smallest absolute Gasteiger partial charge is 0.409 e. The van der Waals surface area contributed by atoms with Crippen molar-refractivity contribution >= 4 is 23.8 Å². The largest absolute Gasteiger partial charge is 0.450 e. The SMILES string of the molecule is C=CCSCCNC(=NC)N1CCN(C(=O)OCC)CC1. The van der Waals surface area contributed by atoms with Gasteiger partial charge in [-0.2, -0.15) is 11.8 Å². The molecule has 1 amide bonds. The Kier molecular flexibility index (Phi) is 8.73. The monoisotopic (exact) mass is 314 g/mol. The third-order valence-corrected chi connectivity index (χ3v) is 4.05. The van der Waals surface area contributed by atoms with Crippen molar-refractivity contribution < 1.29 is 9.53 Å². The Morgan fingerprint density at radius 3 is 2.62 bits per heavy atom. The van der Waals surface area contributed by atoms with E-state index in [0.717, 1.165) is 37.1 Å². The quantitative estimate of drug-likeness (QED) is 0.346. The molecule has 0 unspecified atom stereocenters. The van der Waals surface area contributed by atoms with E-state index in [9.17, 15) is 4.79 Å². The molecule has 0 atom stereocenters. The van der Waals surface area contributed by atoms with E-state index in [1.165, 1.54) is 0 Å². The van der Waals surface area contributed by atoms with E-state index in [0.29, 0.717) is 19.7 Å². The Labute approximate surface area is 131 Å². The van der Waals surface area contributed by atoms with Gasteiger partial charge in [0.05, 0.1) is 6.61 Å². The minimum Gasteiger partial charge on any atom is -0.450 e. The van der Waals surface area contributed by atoms with Crippen LogP contribution in [0, 0.1) is 0 Å². The lowest BCUT2D eigenvalue weighted by Gasteiger charge is -2.35. The fourth-order valence-electron chi connectivity index (χ4n) is 2.05. The molecule has 1 N–H and O–H groups in total. The molecular weight excluding hydrogens is 288 g/mol. The number of ether oxygens (including phenoxy) is 1. The van der Waals surface area contributed by atoms with Crippen molar-refractivity contribution in [3.63, 3.8) is 0 Å². The number of hydrogen-bond acceptors (Lipinski definition) is 4. The fraction of sp³-hybridized carbons (Fsp3) is 0.714. The highest BCUT2D eigenvalue weighted by atomic mass is 32.2. The van der Waals surface area contributed by atoms with Gasteiger partial charge < -0.3 is 19.9 Å². The van der Waals surface area contributed by atoms with Gasteiger partial charge in [-0.05, 0) is 6.92 Å². The summed E-state index contributed by atoms with van der Waals surface area (Å²) in [6.07, 6.45) is 1.69. The van der Waals surface area contributed by atoms with Gasteiger partial charge in [-0.25, -0.2) is 4.79 Å². The summed E-state index contributed by atoms with van der Waals surface area (Å²) in [5, 5.41) is 3.35. The molecule has 0 aromatic heterocycles. The number of guanidine groups is 1. The predicted molar refractivity (Wildman–Crippen MR) is 89.1 cm³/mol. The van der Waals surface area contributed by atoms with Crippen LogP contribution in [0.15, 0.2) is 17.6 Å². The van der Waals surface area contributed by atoms with Crippen molar-refractivity contribution in [2.75, 3.05) is 57.9 Å². The van der Waals surface area contributed by atoms with Crippen LogP contribution in [0.1, 0.15) is 6.92 Å². The number of hydrogen-bond donors (Lipinski definition) is 1. The standard InChI is InChI=1S/C14H26N4O2S/c1-4-11-21-12-6-16-13(15-3)17-7-9-18(10-8-17)14(19)20-5-2/h4H,1,5-12H2,2-3H3,(H,15,16). The Balaban J connectivity index is 2.30. The Bertz CT molecular complexity index is 355. The van der Waals surface area contributed by atoms with Gasteiger partial charge >= 0.3 is 6.09 Å². The number of carbonyl (C=O) groups excluding carboxylic acids is 1. The lowest BCUT2D eigenvalue weighted by Crippen LogP contribution is -2.54. The van der Waals surface area contributed by atoms with Gasteiger partial charge in [-0.15, -0.1) is 6.58 Å². The molecule has 0 bridgehead atoms. The zero-order valence-corrected chi connectivity index (χ0v) is 13.8. The van der Waals surface area contributed by atoms with Crippen LogP contribution < -0.4 is 5.32 Å². The van der Waals surface area contributed by atoms with Crippen molar-refractivity contribution in [3.05, 3.63) is 12.7 Å². The summed E-state index contributed by atoms with van der Waals surface area (Å²) < 4.78 is 5.02. The first-order chi connectivity index (χ1) is 10.2. The summed E-state index contributed by atoms with van der Waals surface area (Å²) in [7, 11) is 1.79. The molecule has 120 valence electrons. The lowest BCUT2D eigenvalue weighted by atomic mass is 10.3. The summed E-state index contributed by atoms with van der Waals surface area (Å²) in [4.78, 5) is 19.9. The highest BCUT2D eigenvalue weighted by molar-refractivity contribution is 7.99. The number of rotatable bonds is 6. The molecule has 0 saturated carbocycles. The van der Waals surface area contributed by atoms with Crippen molar-refractivity contribution in [1.82, 2.24) is 15.1 Å². The third-order valence-electron chi connectivity index (χ3n) is 3.08. The Morgan fingerprint density at radius 2 is 2.05 bits per heavy atom. The van der Waals surface area contributed by atoms with Crippen LogP contribution in [-0.4, -0.2) is 79.7 Å². The lowest BCUT2D eigenvalue weighted by molar-refractivity contribution is 0.0915. The van der Waals surface area contributed by atoms with Crippen molar-refractivity contribution in [1.29, 1.82) is 0 Å². The van der Waals surface area contributed by atoms with Crippen molar-refractivity contribution in [2.24, 2.45) is 4.99 Å². The van der Waals surface area contributed by atoms with Gasteiger partial charge in [0, 0.05) is 51.3 Å². The molecule has 0 aromatic rings. The second-order valence-corrected chi connectivity index (χ2v) is 5.66. The Morgan fingerprint density at radius 1 is 1.38 bits per heavy atom. The van der Waals surface area contributed by atoms with E-state index in [-0.39, 0.29) is 6.09 Å². The van der Waals surface area contributed by atoms with Crippen LogP contribution in [0.25, 0.3) is 0 Å². The van der Waals surface area contributed by atoms with Crippen LogP contribution in [0.4, 0.5) is 4.79 Å². The second-order valence-electron chi connectivity index (χ2n) is 4.51. The summed E-state index contributed by atoms with van der Waals surface area (Å²) in [6.45, 7) is 9.72. The van der Waals surface area contributed by atoms with Crippen LogP contribution in [-0.2, 0) is 4.74 Å². The zero-order chi connectivity index (χ0) is 15.5. The molecule has 1 saturated heterocycles. The minimum atomic E-state index is -0.221. The predicted octanol–water partition coefficient (Wildman–Crippen LogP) is 1.26. The van der Waals surface area contributed by atoms with Crippen LogP contribution in [0.3, 0.4) is 0 Å².